The van der Waals surface area contributed by atoms with Crippen LogP contribution in [0.1, 0.15) is 39.5 Å². The molecule has 1 rings (SSSR count). The number of unbranched alkanes of at least 4 members (excludes halogenated alkanes) is 3. The minimum atomic E-state index is -0.986. The first-order valence-electron chi connectivity index (χ1n) is 6.85. The molecule has 1 fully saturated rings. The summed E-state index contributed by atoms with van der Waals surface area (Å²) in [4.78, 5) is 23.8. The average Bonchev–Trinajstić information content (AvgIpc) is 2.32. The van der Waals surface area contributed by atoms with Crippen molar-refractivity contribution >= 4 is 12.0 Å². The molecule has 1 aliphatic heterocycles. The van der Waals surface area contributed by atoms with Crippen LogP contribution >= 0.6 is 0 Å². The lowest BCUT2D eigenvalue weighted by Crippen LogP contribution is -2.65. The molecule has 0 aromatic rings. The Bertz CT molecular complexity index is 314. The maximum Gasteiger partial charge on any atom is 0.329 e. The molecule has 0 aromatic heterocycles. The van der Waals surface area contributed by atoms with E-state index in [4.69, 9.17) is 9.84 Å². The molecule has 0 radical (unpaired) electrons. The summed E-state index contributed by atoms with van der Waals surface area (Å²) in [6, 6.07) is -0.0899. The average molecular weight is 272 g/mol. The standard InChI is InChI=1S/C13H24N2O4/c1-3-4-5-6-7-14-12(18)15-9-13(2,10-15)19-8-11(16)17/h3-10H2,1-2H3,(H,14,18)(H,16,17). The number of carbonyl (C=O) groups excluding carboxylic acids is 1. The van der Waals surface area contributed by atoms with E-state index < -0.39 is 11.6 Å². The van der Waals surface area contributed by atoms with Crippen molar-refractivity contribution < 1.29 is 19.4 Å². The van der Waals surface area contributed by atoms with Gasteiger partial charge in [0.1, 0.15) is 12.2 Å². The summed E-state index contributed by atoms with van der Waals surface area (Å²) in [6.07, 6.45) is 4.51. The molecule has 19 heavy (non-hydrogen) atoms. The van der Waals surface area contributed by atoms with Gasteiger partial charge in [-0.05, 0) is 13.3 Å². The maximum atomic E-state index is 11.7. The number of hydrogen-bond donors (Lipinski definition) is 2. The molecule has 0 aromatic carbocycles. The minimum absolute atomic E-state index is 0.0899. The van der Waals surface area contributed by atoms with E-state index in [0.717, 1.165) is 12.8 Å². The van der Waals surface area contributed by atoms with Crippen molar-refractivity contribution in [2.45, 2.75) is 45.1 Å². The Morgan fingerprint density at radius 3 is 2.58 bits per heavy atom. The second-order valence-corrected chi connectivity index (χ2v) is 5.28. The molecule has 0 saturated carbocycles. The smallest absolute Gasteiger partial charge is 0.329 e. The third-order valence-corrected chi connectivity index (χ3v) is 3.19. The van der Waals surface area contributed by atoms with Crippen molar-refractivity contribution in [2.75, 3.05) is 26.2 Å². The zero-order valence-electron chi connectivity index (χ0n) is 11.8. The number of hydrogen-bond acceptors (Lipinski definition) is 3. The Hall–Kier alpha value is -1.30. The number of urea groups is 1. The van der Waals surface area contributed by atoms with Crippen LogP contribution in [0.15, 0.2) is 0 Å². The van der Waals surface area contributed by atoms with Gasteiger partial charge in [0.25, 0.3) is 0 Å². The van der Waals surface area contributed by atoms with Crippen LogP contribution in [0.4, 0.5) is 4.79 Å². The van der Waals surface area contributed by atoms with Crippen LogP contribution in [0, 0.1) is 0 Å². The van der Waals surface area contributed by atoms with Gasteiger partial charge in [-0.1, -0.05) is 26.2 Å². The molecule has 1 aliphatic rings. The highest BCUT2D eigenvalue weighted by Gasteiger charge is 2.42. The number of nitrogens with zero attached hydrogens (tertiary/aromatic N) is 1. The van der Waals surface area contributed by atoms with Crippen LogP contribution in [0.2, 0.25) is 0 Å². The van der Waals surface area contributed by atoms with Crippen molar-refractivity contribution in [3.8, 4) is 0 Å². The SMILES string of the molecule is CCCCCCNC(=O)N1CC(C)(OCC(=O)O)C1. The topological polar surface area (TPSA) is 78.9 Å². The second-order valence-electron chi connectivity index (χ2n) is 5.28. The zero-order chi connectivity index (χ0) is 14.3. The van der Waals surface area contributed by atoms with E-state index in [1.807, 2.05) is 6.92 Å². The van der Waals surface area contributed by atoms with Gasteiger partial charge < -0.3 is 20.1 Å². The highest BCUT2D eigenvalue weighted by atomic mass is 16.5. The number of aliphatic carboxylic acids is 1. The lowest BCUT2D eigenvalue weighted by Gasteiger charge is -2.46. The van der Waals surface area contributed by atoms with E-state index in [2.05, 4.69) is 12.2 Å². The summed E-state index contributed by atoms with van der Waals surface area (Å²) in [5.74, 6) is -0.986. The monoisotopic (exact) mass is 272 g/mol. The molecule has 0 atom stereocenters. The van der Waals surface area contributed by atoms with Crippen LogP contribution < -0.4 is 5.32 Å². The Morgan fingerprint density at radius 2 is 2.00 bits per heavy atom. The van der Waals surface area contributed by atoms with Gasteiger partial charge in [0, 0.05) is 6.54 Å². The van der Waals surface area contributed by atoms with Gasteiger partial charge in [0.15, 0.2) is 0 Å². The number of ether oxygens (including phenoxy) is 1. The highest BCUT2D eigenvalue weighted by Crippen LogP contribution is 2.24. The summed E-state index contributed by atoms with van der Waals surface area (Å²) >= 11 is 0. The van der Waals surface area contributed by atoms with Crippen molar-refractivity contribution in [2.24, 2.45) is 0 Å². The first-order valence-corrected chi connectivity index (χ1v) is 6.85. The van der Waals surface area contributed by atoms with Crippen molar-refractivity contribution in [1.82, 2.24) is 10.2 Å². The number of likely N-dealkylation sites (tertiary alicyclic amines) is 1. The summed E-state index contributed by atoms with van der Waals surface area (Å²) in [6.45, 7) is 5.24. The summed E-state index contributed by atoms with van der Waals surface area (Å²) in [5, 5.41) is 11.4. The van der Waals surface area contributed by atoms with E-state index in [1.165, 1.54) is 12.8 Å². The largest absolute Gasteiger partial charge is 0.480 e. The molecule has 110 valence electrons. The molecule has 6 nitrogen and oxygen atoms in total. The van der Waals surface area contributed by atoms with Crippen LogP contribution in [0.5, 0.6) is 0 Å². The molecule has 2 amide bonds. The molecular weight excluding hydrogens is 248 g/mol. The van der Waals surface area contributed by atoms with E-state index in [9.17, 15) is 9.59 Å². The van der Waals surface area contributed by atoms with E-state index >= 15 is 0 Å². The zero-order valence-corrected chi connectivity index (χ0v) is 11.8. The van der Waals surface area contributed by atoms with Crippen molar-refractivity contribution in [3.05, 3.63) is 0 Å². The number of amides is 2. The lowest BCUT2D eigenvalue weighted by atomic mass is 9.97. The Morgan fingerprint density at radius 1 is 1.32 bits per heavy atom. The molecule has 1 heterocycles. The predicted molar refractivity (Wildman–Crippen MR) is 71.1 cm³/mol. The van der Waals surface area contributed by atoms with Crippen LogP contribution in [-0.4, -0.2) is 53.8 Å². The lowest BCUT2D eigenvalue weighted by molar-refractivity contribution is -0.159. The minimum Gasteiger partial charge on any atom is -0.480 e. The van der Waals surface area contributed by atoms with Gasteiger partial charge in [-0.2, -0.15) is 0 Å². The molecule has 6 heteroatoms. The molecule has 1 saturated heterocycles. The van der Waals surface area contributed by atoms with Crippen LogP contribution in [-0.2, 0) is 9.53 Å². The Kier molecular flexibility index (Phi) is 6.08. The molecule has 0 aliphatic carbocycles. The number of carboxylic acid groups (broad SMARTS) is 1. The maximum absolute atomic E-state index is 11.7. The fraction of sp³-hybridized carbons (Fsp3) is 0.846. The summed E-state index contributed by atoms with van der Waals surface area (Å²) < 4.78 is 5.24. The van der Waals surface area contributed by atoms with E-state index in [1.54, 1.807) is 4.90 Å². The van der Waals surface area contributed by atoms with Crippen molar-refractivity contribution in [3.63, 3.8) is 0 Å². The highest BCUT2D eigenvalue weighted by molar-refractivity contribution is 5.75. The quantitative estimate of drug-likeness (QED) is 0.655. The first-order chi connectivity index (χ1) is 8.97. The predicted octanol–water partition coefficient (Wildman–Crippen LogP) is 1.45. The van der Waals surface area contributed by atoms with Gasteiger partial charge in [-0.3, -0.25) is 0 Å². The van der Waals surface area contributed by atoms with Crippen LogP contribution in [0.25, 0.3) is 0 Å². The molecular formula is C13H24N2O4. The fourth-order valence-corrected chi connectivity index (χ4v) is 2.09. The van der Waals surface area contributed by atoms with Crippen LogP contribution in [0.3, 0.4) is 0 Å². The van der Waals surface area contributed by atoms with Gasteiger partial charge in [-0.15, -0.1) is 0 Å². The second kappa shape index (κ2) is 7.33. The third-order valence-electron chi connectivity index (χ3n) is 3.19. The van der Waals surface area contributed by atoms with E-state index in [-0.39, 0.29) is 12.6 Å². The normalized spacial score (nSPS) is 16.8. The summed E-state index contributed by atoms with van der Waals surface area (Å²) in [5.41, 5.74) is -0.516. The number of rotatable bonds is 8. The number of carbonyl (C=O) groups is 2. The number of carboxylic acids is 1. The Labute approximate surface area is 114 Å². The van der Waals surface area contributed by atoms with Gasteiger partial charge >= 0.3 is 12.0 Å². The van der Waals surface area contributed by atoms with Crippen molar-refractivity contribution in [1.29, 1.82) is 0 Å². The fourth-order valence-electron chi connectivity index (χ4n) is 2.09. The first kappa shape index (κ1) is 15.8. The third kappa shape index (κ3) is 5.46. The molecule has 0 unspecified atom stereocenters. The van der Waals surface area contributed by atoms with E-state index in [0.29, 0.717) is 19.6 Å². The van der Waals surface area contributed by atoms with Gasteiger partial charge in [-0.25, -0.2) is 9.59 Å². The molecule has 2 N–H and O–H groups in total. The molecule has 0 bridgehead atoms. The Balaban J connectivity index is 2.11. The summed E-state index contributed by atoms with van der Waals surface area (Å²) in [7, 11) is 0. The van der Waals surface area contributed by atoms with Gasteiger partial charge in [0.05, 0.1) is 13.1 Å². The molecule has 0 spiro atoms. The van der Waals surface area contributed by atoms with Gasteiger partial charge in [0.2, 0.25) is 0 Å². The number of nitrogens with one attached hydrogen (secondary N) is 1.